The van der Waals surface area contributed by atoms with Gasteiger partial charge >= 0.3 is 6.18 Å². The van der Waals surface area contributed by atoms with Crippen LogP contribution >= 0.6 is 0 Å². The minimum absolute atomic E-state index is 0.389. The summed E-state index contributed by atoms with van der Waals surface area (Å²) in [6.45, 7) is 1.84. The predicted octanol–water partition coefficient (Wildman–Crippen LogP) is 6.16. The van der Waals surface area contributed by atoms with Crippen LogP contribution in [0.15, 0.2) is 71.5 Å². The molecule has 3 heterocycles. The molecule has 5 rings (SSSR count). The molecule has 0 N–H and O–H groups in total. The molecule has 7 heteroatoms. The largest absolute Gasteiger partial charge is 0.467 e. The first-order chi connectivity index (χ1) is 13.9. The second-order valence-corrected chi connectivity index (χ2v) is 6.78. The number of hydrogen-bond acceptors (Lipinski definition) is 3. The lowest BCUT2D eigenvalue weighted by molar-refractivity contribution is -0.137. The maximum atomic E-state index is 13.1. The van der Waals surface area contributed by atoms with Crippen LogP contribution in [0.2, 0.25) is 0 Å². The molecule has 0 bridgehead atoms. The Hall–Kier alpha value is -3.61. The van der Waals surface area contributed by atoms with E-state index in [1.165, 1.54) is 12.3 Å². The number of fused-ring (bicyclic) bond motifs is 3. The smallest absolute Gasteiger partial charge is 0.416 e. The van der Waals surface area contributed by atoms with Crippen LogP contribution in [0.1, 0.15) is 11.3 Å². The molecule has 0 fully saturated rings. The van der Waals surface area contributed by atoms with E-state index in [1.807, 2.05) is 47.9 Å². The van der Waals surface area contributed by atoms with Crippen molar-refractivity contribution in [2.75, 3.05) is 0 Å². The Morgan fingerprint density at radius 3 is 2.48 bits per heavy atom. The van der Waals surface area contributed by atoms with Crippen LogP contribution in [0.3, 0.4) is 0 Å². The quantitative estimate of drug-likeness (QED) is 0.361. The van der Waals surface area contributed by atoms with Gasteiger partial charge in [0.2, 0.25) is 0 Å². The number of pyridine rings is 1. The number of alkyl halides is 3. The fourth-order valence-corrected chi connectivity index (χ4v) is 3.48. The molecule has 0 aliphatic rings. The number of benzene rings is 2. The molecule has 29 heavy (non-hydrogen) atoms. The summed E-state index contributed by atoms with van der Waals surface area (Å²) in [6, 6.07) is 15.1. The van der Waals surface area contributed by atoms with Crippen LogP contribution in [0.25, 0.3) is 39.0 Å². The third-order valence-electron chi connectivity index (χ3n) is 4.82. The Labute approximate surface area is 163 Å². The molecule has 3 aromatic heterocycles. The number of rotatable bonds is 2. The number of nitrogens with zero attached hydrogens (tertiary/aromatic N) is 3. The Balaban J connectivity index is 1.84. The van der Waals surface area contributed by atoms with Gasteiger partial charge < -0.3 is 4.42 Å². The highest BCUT2D eigenvalue weighted by Crippen LogP contribution is 2.35. The lowest BCUT2D eigenvalue weighted by atomic mass is 10.1. The van der Waals surface area contributed by atoms with Crippen molar-refractivity contribution in [3.05, 3.63) is 78.4 Å². The van der Waals surface area contributed by atoms with Crippen molar-refractivity contribution >= 4 is 21.9 Å². The van der Waals surface area contributed by atoms with Gasteiger partial charge in [0.25, 0.3) is 0 Å². The van der Waals surface area contributed by atoms with E-state index in [-0.39, 0.29) is 0 Å². The Kier molecular flexibility index (Phi) is 3.74. The van der Waals surface area contributed by atoms with E-state index in [0.29, 0.717) is 27.8 Å². The first-order valence-corrected chi connectivity index (χ1v) is 8.91. The maximum absolute atomic E-state index is 13.1. The van der Waals surface area contributed by atoms with Crippen LogP contribution in [0.4, 0.5) is 13.2 Å². The molecule has 0 spiro atoms. The summed E-state index contributed by atoms with van der Waals surface area (Å²) < 4.78 is 46.6. The number of aromatic nitrogens is 3. The van der Waals surface area contributed by atoms with Gasteiger partial charge in [-0.1, -0.05) is 36.4 Å². The van der Waals surface area contributed by atoms with Crippen molar-refractivity contribution in [3.8, 4) is 17.1 Å². The third-order valence-corrected chi connectivity index (χ3v) is 4.82. The molecule has 0 aliphatic carbocycles. The standard InChI is InChI=1S/C22H14F3N3O/c1-13-9-17(12-29-13)28-20(14-5-3-2-4-6-14)27-19-18-8-7-16(22(23,24)25)10-15(18)11-26-21(19)28/h2-12H,1H3. The molecule has 5 aromatic rings. The second-order valence-electron chi connectivity index (χ2n) is 6.78. The zero-order chi connectivity index (χ0) is 20.2. The molecule has 2 aromatic carbocycles. The molecule has 0 saturated heterocycles. The number of furan rings is 1. The number of hydrogen-bond donors (Lipinski definition) is 0. The maximum Gasteiger partial charge on any atom is 0.416 e. The molecule has 0 aliphatic heterocycles. The van der Waals surface area contributed by atoms with E-state index < -0.39 is 11.7 Å². The first kappa shape index (κ1) is 17.5. The predicted molar refractivity (Wildman–Crippen MR) is 104 cm³/mol. The fourth-order valence-electron chi connectivity index (χ4n) is 3.48. The van der Waals surface area contributed by atoms with Crippen molar-refractivity contribution in [3.63, 3.8) is 0 Å². The summed E-state index contributed by atoms with van der Waals surface area (Å²) in [5.74, 6) is 1.37. The lowest BCUT2D eigenvalue weighted by Crippen LogP contribution is -2.04. The van der Waals surface area contributed by atoms with Gasteiger partial charge in [0.05, 0.1) is 11.3 Å². The summed E-state index contributed by atoms with van der Waals surface area (Å²) in [6.07, 6.45) is -1.35. The van der Waals surface area contributed by atoms with Crippen LogP contribution in [0.5, 0.6) is 0 Å². The Morgan fingerprint density at radius 2 is 1.79 bits per heavy atom. The zero-order valence-electron chi connectivity index (χ0n) is 15.2. The van der Waals surface area contributed by atoms with Crippen LogP contribution in [0, 0.1) is 6.92 Å². The zero-order valence-corrected chi connectivity index (χ0v) is 15.2. The van der Waals surface area contributed by atoms with Crippen LogP contribution in [-0.4, -0.2) is 14.5 Å². The van der Waals surface area contributed by atoms with Crippen LogP contribution < -0.4 is 0 Å². The van der Waals surface area contributed by atoms with Crippen molar-refractivity contribution < 1.29 is 17.6 Å². The average Bonchev–Trinajstić information content (AvgIpc) is 3.30. The molecule has 0 atom stereocenters. The first-order valence-electron chi connectivity index (χ1n) is 8.91. The van der Waals surface area contributed by atoms with Gasteiger partial charge in [-0.2, -0.15) is 13.2 Å². The summed E-state index contributed by atoms with van der Waals surface area (Å²) in [4.78, 5) is 9.22. The highest BCUT2D eigenvalue weighted by molar-refractivity contribution is 6.04. The number of imidazole rings is 1. The summed E-state index contributed by atoms with van der Waals surface area (Å²) in [5, 5.41) is 0.999. The monoisotopic (exact) mass is 393 g/mol. The van der Waals surface area contributed by atoms with Crippen molar-refractivity contribution in [2.24, 2.45) is 0 Å². The third kappa shape index (κ3) is 2.86. The normalized spacial score (nSPS) is 12.1. The topological polar surface area (TPSA) is 43.9 Å². The molecular formula is C22H14F3N3O. The van der Waals surface area contributed by atoms with Crippen molar-refractivity contribution in [1.29, 1.82) is 0 Å². The molecule has 0 amide bonds. The molecule has 0 radical (unpaired) electrons. The molecule has 4 nitrogen and oxygen atoms in total. The van der Waals surface area contributed by atoms with Gasteiger partial charge in [0, 0.05) is 28.6 Å². The van der Waals surface area contributed by atoms with Crippen LogP contribution in [-0.2, 0) is 6.18 Å². The van der Waals surface area contributed by atoms with Gasteiger partial charge in [-0.05, 0) is 19.1 Å². The highest BCUT2D eigenvalue weighted by atomic mass is 19.4. The van der Waals surface area contributed by atoms with E-state index in [2.05, 4.69) is 4.98 Å². The van der Waals surface area contributed by atoms with E-state index >= 15 is 0 Å². The van der Waals surface area contributed by atoms with E-state index in [1.54, 1.807) is 6.26 Å². The minimum Gasteiger partial charge on any atom is -0.467 e. The number of halogens is 3. The van der Waals surface area contributed by atoms with E-state index in [4.69, 9.17) is 9.40 Å². The Morgan fingerprint density at radius 1 is 1.00 bits per heavy atom. The minimum atomic E-state index is -4.41. The lowest BCUT2D eigenvalue weighted by Gasteiger charge is -2.08. The summed E-state index contributed by atoms with van der Waals surface area (Å²) in [5.41, 5.74) is 2.00. The van der Waals surface area contributed by atoms with Gasteiger partial charge in [-0.15, -0.1) is 0 Å². The number of aryl methyl sites for hydroxylation is 1. The molecule has 0 unspecified atom stereocenters. The van der Waals surface area contributed by atoms with Crippen molar-refractivity contribution in [1.82, 2.24) is 14.5 Å². The van der Waals surface area contributed by atoms with Gasteiger partial charge in [0.1, 0.15) is 23.4 Å². The van der Waals surface area contributed by atoms with Gasteiger partial charge in [0.15, 0.2) is 5.65 Å². The molecular weight excluding hydrogens is 379 g/mol. The molecule has 0 saturated carbocycles. The van der Waals surface area contributed by atoms with E-state index in [9.17, 15) is 13.2 Å². The summed E-state index contributed by atoms with van der Waals surface area (Å²) in [7, 11) is 0. The highest BCUT2D eigenvalue weighted by Gasteiger charge is 2.30. The summed E-state index contributed by atoms with van der Waals surface area (Å²) >= 11 is 0. The average molecular weight is 393 g/mol. The SMILES string of the molecule is Cc1cc(-n2c(-c3ccccc3)nc3c4ccc(C(F)(F)F)cc4cnc32)co1. The fraction of sp³-hybridized carbons (Fsp3) is 0.0909. The molecule has 144 valence electrons. The van der Waals surface area contributed by atoms with E-state index in [0.717, 1.165) is 29.1 Å². The second kappa shape index (κ2) is 6.20. The Bertz CT molecular complexity index is 1350. The van der Waals surface area contributed by atoms with Gasteiger partial charge in [-0.25, -0.2) is 9.97 Å². The van der Waals surface area contributed by atoms with Gasteiger partial charge in [-0.3, -0.25) is 4.57 Å². The van der Waals surface area contributed by atoms with Crippen molar-refractivity contribution in [2.45, 2.75) is 13.1 Å².